The van der Waals surface area contributed by atoms with Crippen LogP contribution in [0.4, 0.5) is 13.2 Å². The van der Waals surface area contributed by atoms with Crippen molar-refractivity contribution in [3.8, 4) is 0 Å². The maximum absolute atomic E-state index is 12.5. The van der Waals surface area contributed by atoms with Gasteiger partial charge in [0.25, 0.3) is 0 Å². The highest BCUT2D eigenvalue weighted by Crippen LogP contribution is 2.30. The van der Waals surface area contributed by atoms with Gasteiger partial charge in [-0.05, 0) is 44.4 Å². The first-order valence-corrected chi connectivity index (χ1v) is 6.79. The van der Waals surface area contributed by atoms with Gasteiger partial charge in [-0.2, -0.15) is 13.2 Å². The van der Waals surface area contributed by atoms with Crippen LogP contribution in [0.3, 0.4) is 0 Å². The van der Waals surface area contributed by atoms with E-state index >= 15 is 0 Å². The van der Waals surface area contributed by atoms with E-state index in [2.05, 4.69) is 10.3 Å². The fourth-order valence-electron chi connectivity index (χ4n) is 2.48. The quantitative estimate of drug-likeness (QED) is 0.924. The summed E-state index contributed by atoms with van der Waals surface area (Å²) >= 11 is 0. The van der Waals surface area contributed by atoms with E-state index in [-0.39, 0.29) is 6.04 Å². The molecule has 0 aromatic carbocycles. The molecule has 2 heterocycles. The van der Waals surface area contributed by atoms with Crippen LogP contribution in [0.2, 0.25) is 0 Å². The molecule has 0 aliphatic carbocycles. The number of hydrogen-bond donors (Lipinski definition) is 1. The third-order valence-corrected chi connectivity index (χ3v) is 3.73. The fraction of sp³-hybridized carbons (Fsp3) is 0.643. The summed E-state index contributed by atoms with van der Waals surface area (Å²) in [5, 5.41) is 3.14. The summed E-state index contributed by atoms with van der Waals surface area (Å²) in [4.78, 5) is 3.97. The van der Waals surface area contributed by atoms with Crippen molar-refractivity contribution in [3.63, 3.8) is 0 Å². The predicted molar refractivity (Wildman–Crippen MR) is 69.2 cm³/mol. The normalized spacial score (nSPS) is 19.0. The SMILES string of the molecule is CNC(CC1CCOCC1)c1ccc(C(F)(F)F)cn1. The molecule has 0 saturated carbocycles. The highest BCUT2D eigenvalue weighted by Gasteiger charge is 2.31. The van der Waals surface area contributed by atoms with E-state index in [1.165, 1.54) is 6.07 Å². The lowest BCUT2D eigenvalue weighted by atomic mass is 9.91. The second-order valence-corrected chi connectivity index (χ2v) is 5.10. The molecule has 1 aliphatic heterocycles. The first-order chi connectivity index (χ1) is 9.50. The van der Waals surface area contributed by atoms with Gasteiger partial charge in [0, 0.05) is 25.5 Å². The van der Waals surface area contributed by atoms with Gasteiger partial charge in [0.15, 0.2) is 0 Å². The van der Waals surface area contributed by atoms with E-state index in [0.717, 1.165) is 44.7 Å². The predicted octanol–water partition coefficient (Wildman–Crippen LogP) is 3.18. The van der Waals surface area contributed by atoms with Gasteiger partial charge in [0.2, 0.25) is 0 Å². The van der Waals surface area contributed by atoms with Crippen LogP contribution >= 0.6 is 0 Å². The van der Waals surface area contributed by atoms with Gasteiger partial charge in [-0.15, -0.1) is 0 Å². The van der Waals surface area contributed by atoms with Gasteiger partial charge < -0.3 is 10.1 Å². The average Bonchev–Trinajstić information content (AvgIpc) is 2.45. The third-order valence-electron chi connectivity index (χ3n) is 3.73. The van der Waals surface area contributed by atoms with Crippen molar-refractivity contribution in [2.24, 2.45) is 5.92 Å². The van der Waals surface area contributed by atoms with Crippen LogP contribution in [-0.2, 0) is 10.9 Å². The summed E-state index contributed by atoms with van der Waals surface area (Å²) in [7, 11) is 1.81. The molecule has 1 atom stereocenters. The summed E-state index contributed by atoms with van der Waals surface area (Å²) < 4.78 is 42.8. The van der Waals surface area contributed by atoms with E-state index in [0.29, 0.717) is 11.6 Å². The van der Waals surface area contributed by atoms with E-state index in [4.69, 9.17) is 4.74 Å². The van der Waals surface area contributed by atoms with E-state index in [9.17, 15) is 13.2 Å². The lowest BCUT2D eigenvalue weighted by molar-refractivity contribution is -0.137. The second-order valence-electron chi connectivity index (χ2n) is 5.10. The molecule has 2 rings (SSSR count). The Kier molecular flexibility index (Phi) is 4.99. The molecule has 1 saturated heterocycles. The Balaban J connectivity index is 2.03. The molecular formula is C14H19F3N2O. The maximum Gasteiger partial charge on any atom is 0.417 e. The first kappa shape index (κ1) is 15.3. The Bertz CT molecular complexity index is 413. The molecular weight excluding hydrogens is 269 g/mol. The monoisotopic (exact) mass is 288 g/mol. The minimum Gasteiger partial charge on any atom is -0.381 e. The molecule has 112 valence electrons. The smallest absolute Gasteiger partial charge is 0.381 e. The van der Waals surface area contributed by atoms with Crippen LogP contribution in [0, 0.1) is 5.92 Å². The van der Waals surface area contributed by atoms with Gasteiger partial charge in [0.05, 0.1) is 11.3 Å². The molecule has 1 N–H and O–H groups in total. The van der Waals surface area contributed by atoms with Crippen molar-refractivity contribution in [2.75, 3.05) is 20.3 Å². The highest BCUT2D eigenvalue weighted by atomic mass is 19.4. The average molecular weight is 288 g/mol. The van der Waals surface area contributed by atoms with Gasteiger partial charge >= 0.3 is 6.18 Å². The highest BCUT2D eigenvalue weighted by molar-refractivity contribution is 5.19. The Morgan fingerprint density at radius 1 is 1.35 bits per heavy atom. The van der Waals surface area contributed by atoms with Crippen molar-refractivity contribution in [1.29, 1.82) is 0 Å². The number of hydrogen-bond acceptors (Lipinski definition) is 3. The van der Waals surface area contributed by atoms with Crippen molar-refractivity contribution >= 4 is 0 Å². The Morgan fingerprint density at radius 2 is 2.05 bits per heavy atom. The third kappa shape index (κ3) is 3.93. The number of nitrogens with one attached hydrogen (secondary N) is 1. The van der Waals surface area contributed by atoms with Crippen LogP contribution in [0.5, 0.6) is 0 Å². The first-order valence-electron chi connectivity index (χ1n) is 6.79. The van der Waals surface area contributed by atoms with Gasteiger partial charge in [-0.25, -0.2) is 0 Å². The lowest BCUT2D eigenvalue weighted by Gasteiger charge is -2.26. The minimum atomic E-state index is -4.33. The van der Waals surface area contributed by atoms with Crippen LogP contribution < -0.4 is 5.32 Å². The molecule has 6 heteroatoms. The number of ether oxygens (including phenoxy) is 1. The standard InChI is InChI=1S/C14H19F3N2O/c1-18-13(8-10-4-6-20-7-5-10)12-3-2-11(9-19-12)14(15,16)17/h2-3,9-10,13,18H,4-8H2,1H3. The summed E-state index contributed by atoms with van der Waals surface area (Å²) in [6, 6.07) is 2.54. The summed E-state index contributed by atoms with van der Waals surface area (Å²) in [5.74, 6) is 0.533. The molecule has 3 nitrogen and oxygen atoms in total. The van der Waals surface area contributed by atoms with Gasteiger partial charge in [-0.1, -0.05) is 0 Å². The molecule has 1 unspecified atom stereocenters. The summed E-state index contributed by atoms with van der Waals surface area (Å²) in [5.41, 5.74) is -0.0471. The van der Waals surface area contributed by atoms with E-state index < -0.39 is 11.7 Å². The number of alkyl halides is 3. The molecule has 1 aromatic heterocycles. The van der Waals surface area contributed by atoms with E-state index in [1.807, 2.05) is 7.05 Å². The van der Waals surface area contributed by atoms with Crippen molar-refractivity contribution in [2.45, 2.75) is 31.5 Å². The zero-order valence-electron chi connectivity index (χ0n) is 11.4. The van der Waals surface area contributed by atoms with Crippen LogP contribution in [0.25, 0.3) is 0 Å². The molecule has 20 heavy (non-hydrogen) atoms. The molecule has 0 spiro atoms. The van der Waals surface area contributed by atoms with Crippen LogP contribution in [-0.4, -0.2) is 25.2 Å². The zero-order valence-corrected chi connectivity index (χ0v) is 11.4. The molecule has 0 amide bonds. The molecule has 1 fully saturated rings. The van der Waals surface area contributed by atoms with Crippen LogP contribution in [0.1, 0.15) is 36.6 Å². The number of pyridine rings is 1. The Labute approximate surface area is 116 Å². The molecule has 0 bridgehead atoms. The van der Waals surface area contributed by atoms with Crippen LogP contribution in [0.15, 0.2) is 18.3 Å². The Hall–Kier alpha value is -1.14. The number of halogens is 3. The van der Waals surface area contributed by atoms with Crippen molar-refractivity contribution in [1.82, 2.24) is 10.3 Å². The number of aromatic nitrogens is 1. The lowest BCUT2D eigenvalue weighted by Crippen LogP contribution is -2.24. The summed E-state index contributed by atoms with van der Waals surface area (Å²) in [6.45, 7) is 1.53. The molecule has 1 aromatic rings. The number of nitrogens with zero attached hydrogens (tertiary/aromatic N) is 1. The molecule has 0 radical (unpaired) electrons. The van der Waals surface area contributed by atoms with Crippen molar-refractivity contribution in [3.05, 3.63) is 29.6 Å². The van der Waals surface area contributed by atoms with Gasteiger partial charge in [0.1, 0.15) is 0 Å². The summed E-state index contributed by atoms with van der Waals surface area (Å²) in [6.07, 6.45) is -0.555. The Morgan fingerprint density at radius 3 is 2.55 bits per heavy atom. The fourth-order valence-corrected chi connectivity index (χ4v) is 2.48. The van der Waals surface area contributed by atoms with E-state index in [1.54, 1.807) is 0 Å². The largest absolute Gasteiger partial charge is 0.417 e. The topological polar surface area (TPSA) is 34.1 Å². The second kappa shape index (κ2) is 6.54. The van der Waals surface area contributed by atoms with Crippen molar-refractivity contribution < 1.29 is 17.9 Å². The molecule has 1 aliphatic rings. The maximum atomic E-state index is 12.5. The van der Waals surface area contributed by atoms with Gasteiger partial charge in [-0.3, -0.25) is 4.98 Å². The zero-order chi connectivity index (χ0) is 14.6. The minimum absolute atomic E-state index is 0.0135. The number of rotatable bonds is 4.